The fraction of sp³-hybridized carbons (Fsp3) is 0.0870. The van der Waals surface area contributed by atoms with Crippen LogP contribution in [0, 0.1) is 0 Å². The van der Waals surface area contributed by atoms with Gasteiger partial charge in [0.25, 0.3) is 0 Å². The van der Waals surface area contributed by atoms with E-state index < -0.39 is 7.59 Å². The molecule has 0 saturated heterocycles. The lowest BCUT2D eigenvalue weighted by Gasteiger charge is -2.16. The zero-order valence-electron chi connectivity index (χ0n) is 16.2. The summed E-state index contributed by atoms with van der Waals surface area (Å²) < 4.78 is -3.82. The van der Waals surface area contributed by atoms with Crippen molar-refractivity contribution in [1.29, 1.82) is 0 Å². The third-order valence-corrected chi connectivity index (χ3v) is 5.76. The summed E-state index contributed by atoms with van der Waals surface area (Å²) in [5.41, 5.74) is 3.50. The molecule has 0 amide bonds. The Kier molecular flexibility index (Phi) is 6.61. The average Bonchev–Trinajstić information content (AvgIpc) is 2.77. The molecule has 0 saturated carbocycles. The fourth-order valence-electron chi connectivity index (χ4n) is 3.22. The van der Waals surface area contributed by atoms with E-state index in [1.54, 1.807) is 0 Å². The molecule has 32 heavy (non-hydrogen) atoms. The minimum atomic E-state index is -1.91. The van der Waals surface area contributed by atoms with Gasteiger partial charge in [0.15, 0.2) is 17.5 Å². The second-order valence-corrected chi connectivity index (χ2v) is 11.4. The van der Waals surface area contributed by atoms with Crippen molar-refractivity contribution in [1.82, 2.24) is 15.0 Å². The third-order valence-electron chi connectivity index (χ3n) is 4.75. The predicted octanol–water partition coefficient (Wildman–Crippen LogP) is 8.41. The van der Waals surface area contributed by atoms with Crippen molar-refractivity contribution in [3.05, 3.63) is 96.1 Å². The van der Waals surface area contributed by atoms with E-state index in [1.165, 1.54) is 0 Å². The first kappa shape index (κ1) is 23.6. The van der Waals surface area contributed by atoms with Gasteiger partial charge in [-0.15, -0.1) is 0 Å². The smallest absolute Gasteiger partial charge is 0.209 e. The molecule has 1 heterocycles. The topological polar surface area (TPSA) is 38.7 Å². The van der Waals surface area contributed by atoms with E-state index in [-0.39, 0.29) is 17.5 Å². The maximum absolute atomic E-state index is 5.96. The highest BCUT2D eigenvalue weighted by molar-refractivity contribution is 6.67. The summed E-state index contributed by atoms with van der Waals surface area (Å²) in [6, 6.07) is 21.8. The zero-order valence-corrected chi connectivity index (χ0v) is 20.7. The van der Waals surface area contributed by atoms with Gasteiger partial charge in [0.2, 0.25) is 7.59 Å². The molecule has 0 aliphatic carbocycles. The van der Waals surface area contributed by atoms with E-state index in [1.807, 2.05) is 48.5 Å². The molecular weight excluding hydrogens is 531 g/mol. The standard InChI is InChI=1S/C23H13Cl6N3/c1-13(17-8-4-6-15-5-2-3-7-18(15)17)14-9-11-16(12-10-14)19-30-20(22(24,25)26)32-21(31-19)23(27,28)29/h2-12H,1H2. The van der Waals surface area contributed by atoms with E-state index in [9.17, 15) is 0 Å². The Bertz CT molecular complexity index is 1270. The molecule has 4 rings (SSSR count). The second kappa shape index (κ2) is 8.98. The summed E-state index contributed by atoms with van der Waals surface area (Å²) >= 11 is 35.8. The molecule has 1 aromatic heterocycles. The Morgan fingerprint density at radius 2 is 1.22 bits per heavy atom. The number of hydrogen-bond donors (Lipinski definition) is 0. The first-order valence-corrected chi connectivity index (χ1v) is 11.5. The fourth-order valence-corrected chi connectivity index (χ4v) is 3.73. The van der Waals surface area contributed by atoms with Crippen molar-refractivity contribution in [2.75, 3.05) is 0 Å². The summed E-state index contributed by atoms with van der Waals surface area (Å²) in [6.45, 7) is 4.29. The summed E-state index contributed by atoms with van der Waals surface area (Å²) in [4.78, 5) is 12.5. The normalized spacial score (nSPS) is 12.2. The second-order valence-electron chi connectivity index (χ2n) is 6.88. The van der Waals surface area contributed by atoms with Crippen LogP contribution in [0.2, 0.25) is 0 Å². The quantitative estimate of drug-likeness (QED) is 0.243. The van der Waals surface area contributed by atoms with Gasteiger partial charge in [0, 0.05) is 5.56 Å². The number of halogens is 6. The highest BCUT2D eigenvalue weighted by Gasteiger charge is 2.34. The summed E-state index contributed by atoms with van der Waals surface area (Å²) in [6.07, 6.45) is 0. The highest BCUT2D eigenvalue weighted by atomic mass is 35.6. The van der Waals surface area contributed by atoms with E-state index in [4.69, 9.17) is 69.6 Å². The number of rotatable bonds is 3. The molecule has 0 fully saturated rings. The zero-order chi connectivity index (χ0) is 23.1. The molecule has 0 bridgehead atoms. The Balaban J connectivity index is 1.73. The van der Waals surface area contributed by atoms with Crippen LogP contribution in [0.15, 0.2) is 73.3 Å². The van der Waals surface area contributed by atoms with Gasteiger partial charge in [-0.3, -0.25) is 0 Å². The molecule has 0 aliphatic heterocycles. The number of alkyl halides is 6. The van der Waals surface area contributed by atoms with Crippen LogP contribution in [-0.2, 0) is 7.59 Å². The van der Waals surface area contributed by atoms with Gasteiger partial charge in [0.1, 0.15) is 0 Å². The maximum atomic E-state index is 5.96. The largest absolute Gasteiger partial charge is 0.250 e. The van der Waals surface area contributed by atoms with Gasteiger partial charge < -0.3 is 0 Å². The van der Waals surface area contributed by atoms with Gasteiger partial charge in [0.05, 0.1) is 0 Å². The first-order valence-electron chi connectivity index (χ1n) is 9.22. The van der Waals surface area contributed by atoms with Crippen molar-refractivity contribution in [2.24, 2.45) is 0 Å². The molecule has 9 heteroatoms. The van der Waals surface area contributed by atoms with Gasteiger partial charge in [-0.25, -0.2) is 15.0 Å². The van der Waals surface area contributed by atoms with Crippen molar-refractivity contribution in [3.63, 3.8) is 0 Å². The van der Waals surface area contributed by atoms with Crippen molar-refractivity contribution >= 4 is 86.0 Å². The molecule has 3 aromatic carbocycles. The van der Waals surface area contributed by atoms with Gasteiger partial charge in [-0.1, -0.05) is 143 Å². The van der Waals surface area contributed by atoms with Crippen molar-refractivity contribution < 1.29 is 0 Å². The SMILES string of the molecule is C=C(c1ccc(-c2nc(C(Cl)(Cl)Cl)nc(C(Cl)(Cl)Cl)n2)cc1)c1cccc2ccccc12. The number of aromatic nitrogens is 3. The first-order chi connectivity index (χ1) is 15.0. The van der Waals surface area contributed by atoms with Crippen LogP contribution in [0.5, 0.6) is 0 Å². The number of nitrogens with zero attached hydrogens (tertiary/aromatic N) is 3. The average molecular weight is 544 g/mol. The summed E-state index contributed by atoms with van der Waals surface area (Å²) in [5, 5.41) is 2.27. The highest BCUT2D eigenvalue weighted by Crippen LogP contribution is 2.41. The Morgan fingerprint density at radius 3 is 1.81 bits per heavy atom. The number of hydrogen-bond acceptors (Lipinski definition) is 3. The predicted molar refractivity (Wildman–Crippen MR) is 136 cm³/mol. The molecule has 0 unspecified atom stereocenters. The van der Waals surface area contributed by atoms with Crippen LogP contribution in [0.4, 0.5) is 0 Å². The molecule has 3 nitrogen and oxygen atoms in total. The molecule has 0 spiro atoms. The number of benzene rings is 3. The molecule has 162 valence electrons. The van der Waals surface area contributed by atoms with Gasteiger partial charge >= 0.3 is 0 Å². The van der Waals surface area contributed by atoms with E-state index in [0.29, 0.717) is 5.56 Å². The van der Waals surface area contributed by atoms with Crippen LogP contribution in [0.1, 0.15) is 22.8 Å². The number of fused-ring (bicyclic) bond motifs is 1. The third kappa shape index (κ3) is 4.99. The van der Waals surface area contributed by atoms with Crippen LogP contribution in [-0.4, -0.2) is 15.0 Å². The lowest BCUT2D eigenvalue weighted by molar-refractivity contribution is 0.851. The van der Waals surface area contributed by atoms with Crippen molar-refractivity contribution in [2.45, 2.75) is 7.59 Å². The maximum Gasteiger partial charge on any atom is 0.250 e. The lowest BCUT2D eigenvalue weighted by atomic mass is 9.94. The van der Waals surface area contributed by atoms with Crippen LogP contribution < -0.4 is 0 Å². The van der Waals surface area contributed by atoms with Gasteiger partial charge in [-0.05, 0) is 27.5 Å². The summed E-state index contributed by atoms with van der Waals surface area (Å²) in [7, 11) is 0. The summed E-state index contributed by atoms with van der Waals surface area (Å²) in [5.74, 6) is -0.0684. The molecule has 0 aliphatic rings. The molecular formula is C23H13Cl6N3. The minimum Gasteiger partial charge on any atom is -0.209 e. The van der Waals surface area contributed by atoms with E-state index in [0.717, 1.165) is 27.5 Å². The monoisotopic (exact) mass is 541 g/mol. The van der Waals surface area contributed by atoms with Gasteiger partial charge in [-0.2, -0.15) is 0 Å². The molecule has 0 atom stereocenters. The van der Waals surface area contributed by atoms with Crippen LogP contribution >= 0.6 is 69.6 Å². The molecule has 4 aromatic rings. The van der Waals surface area contributed by atoms with Crippen LogP contribution in [0.25, 0.3) is 27.7 Å². The molecule has 0 radical (unpaired) electrons. The Labute approximate surface area is 214 Å². The minimum absolute atomic E-state index is 0.141. The Hall–Kier alpha value is -1.59. The Morgan fingerprint density at radius 1 is 0.656 bits per heavy atom. The van der Waals surface area contributed by atoms with E-state index in [2.05, 4.69) is 39.7 Å². The van der Waals surface area contributed by atoms with Crippen LogP contribution in [0.3, 0.4) is 0 Å². The van der Waals surface area contributed by atoms with Crippen molar-refractivity contribution in [3.8, 4) is 11.4 Å². The van der Waals surface area contributed by atoms with E-state index >= 15 is 0 Å². The molecule has 0 N–H and O–H groups in total. The lowest BCUT2D eigenvalue weighted by Crippen LogP contribution is -2.16.